The Morgan fingerprint density at radius 1 is 1.04 bits per heavy atom. The van der Waals surface area contributed by atoms with Gasteiger partial charge in [0.25, 0.3) is 17.7 Å². The Morgan fingerprint density at radius 3 is 2.46 bits per heavy atom. The van der Waals surface area contributed by atoms with E-state index in [1.165, 1.54) is 16.2 Å². The second-order valence-electron chi connectivity index (χ2n) is 13.5. The molecule has 0 spiro atoms. The van der Waals surface area contributed by atoms with Crippen LogP contribution in [0, 0.1) is 18.8 Å². The molecule has 3 atom stereocenters. The number of carbonyl (C=O) groups excluding carboxylic acids is 4. The molecular weight excluding hydrogens is 657 g/mol. The Labute approximate surface area is 296 Å². The van der Waals surface area contributed by atoms with Crippen molar-refractivity contribution in [3.63, 3.8) is 0 Å². The Bertz CT molecular complexity index is 1830. The minimum atomic E-state index is -0.684. The third-order valence-corrected chi connectivity index (χ3v) is 9.47. The average molecular weight is 703 g/mol. The first-order valence-corrected chi connectivity index (χ1v) is 17.9. The summed E-state index contributed by atoms with van der Waals surface area (Å²) in [5.74, 6) is -1.08. The number of rotatable bonds is 7. The Morgan fingerprint density at radius 2 is 1.78 bits per heavy atom. The van der Waals surface area contributed by atoms with Crippen LogP contribution in [0.15, 0.2) is 46.2 Å². The fourth-order valence-corrected chi connectivity index (χ4v) is 6.76. The van der Waals surface area contributed by atoms with Gasteiger partial charge in [-0.25, -0.2) is 9.97 Å². The zero-order valence-corrected chi connectivity index (χ0v) is 30.5. The van der Waals surface area contributed by atoms with Crippen LogP contribution in [0.1, 0.15) is 113 Å². The molecule has 5 rings (SSSR count). The van der Waals surface area contributed by atoms with Crippen molar-refractivity contribution in [1.29, 1.82) is 0 Å². The molecule has 0 saturated heterocycles. The van der Waals surface area contributed by atoms with E-state index in [4.69, 9.17) is 4.42 Å². The molecule has 1 aliphatic rings. The third kappa shape index (κ3) is 8.65. The van der Waals surface area contributed by atoms with Crippen LogP contribution in [0.3, 0.4) is 0 Å². The number of hydrogen-bond donors (Lipinski definition) is 3. The summed E-state index contributed by atoms with van der Waals surface area (Å²) >= 11 is 1.25. The number of hydrogen-bond acceptors (Lipinski definition) is 9. The van der Waals surface area contributed by atoms with Gasteiger partial charge in [0.05, 0.1) is 24.3 Å². The summed E-state index contributed by atoms with van der Waals surface area (Å²) in [5.41, 5.74) is 2.37. The van der Waals surface area contributed by atoms with Gasteiger partial charge in [-0.2, -0.15) is 5.10 Å². The topological polar surface area (TPSA) is 164 Å². The highest BCUT2D eigenvalue weighted by Crippen LogP contribution is 2.25. The minimum absolute atomic E-state index is 0.0271. The lowest BCUT2D eigenvalue weighted by Gasteiger charge is -2.29. The standard InChI is InChI=1S/C36H46N8O5S/c1-8-44-28(16-25(42-44)14-20(2)3)36(48)43-17-26(15-24-12-10-9-11-13-24)38-32(46)27-19-50-35(39-27)22(6)37-33(47)31-23(7)49-34(41-31)30(21(4)5)40-29(45)18-43/h9-13,16,19-22,26,30H,8,14-15,17-18H2,1-7H3,(H,37,47)(H,38,46)(H,40,45)/t22-,26-,30+/m1/s1. The van der Waals surface area contributed by atoms with E-state index in [1.54, 1.807) is 30.0 Å². The molecule has 0 saturated carbocycles. The third-order valence-electron chi connectivity index (χ3n) is 8.44. The van der Waals surface area contributed by atoms with Gasteiger partial charge in [-0.1, -0.05) is 58.0 Å². The summed E-state index contributed by atoms with van der Waals surface area (Å²) in [6, 6.07) is 9.63. The van der Waals surface area contributed by atoms with E-state index < -0.39 is 35.8 Å². The minimum Gasteiger partial charge on any atom is -0.443 e. The number of nitrogens with zero attached hydrogens (tertiary/aromatic N) is 5. The first-order chi connectivity index (χ1) is 23.8. The lowest BCUT2D eigenvalue weighted by molar-refractivity contribution is -0.123. The van der Waals surface area contributed by atoms with E-state index in [0.29, 0.717) is 41.8 Å². The molecule has 3 aromatic heterocycles. The highest BCUT2D eigenvalue weighted by atomic mass is 32.1. The van der Waals surface area contributed by atoms with Crippen molar-refractivity contribution in [2.75, 3.05) is 13.1 Å². The van der Waals surface area contributed by atoms with Crippen molar-refractivity contribution in [2.45, 2.75) is 86.0 Å². The maximum atomic E-state index is 14.4. The number of amides is 4. The number of fused-ring (bicyclic) bond motifs is 4. The SMILES string of the molecule is CCn1nc(CC(C)C)cc1C(=O)N1CC(=O)N[C@@H](C(C)C)c2nc(c(C)o2)C(=O)N[C@H](C)c2nc(cs2)C(=O)N[C@H](Cc2ccccc2)C1. The molecule has 0 fully saturated rings. The molecule has 4 heterocycles. The number of nitrogens with one attached hydrogen (secondary N) is 3. The normalized spacial score (nSPS) is 19.2. The summed E-state index contributed by atoms with van der Waals surface area (Å²) in [4.78, 5) is 65.8. The molecule has 14 heteroatoms. The molecule has 0 unspecified atom stereocenters. The monoisotopic (exact) mass is 702 g/mol. The van der Waals surface area contributed by atoms with Gasteiger partial charge >= 0.3 is 0 Å². The van der Waals surface area contributed by atoms with Gasteiger partial charge in [0, 0.05) is 18.5 Å². The first-order valence-electron chi connectivity index (χ1n) is 17.1. The zero-order valence-electron chi connectivity index (χ0n) is 29.6. The maximum Gasteiger partial charge on any atom is 0.274 e. The second kappa shape index (κ2) is 15.8. The van der Waals surface area contributed by atoms with Crippen LogP contribution >= 0.6 is 11.3 Å². The number of thiazole rings is 1. The molecule has 50 heavy (non-hydrogen) atoms. The van der Waals surface area contributed by atoms with E-state index in [0.717, 1.165) is 11.3 Å². The van der Waals surface area contributed by atoms with E-state index in [-0.39, 0.29) is 42.2 Å². The predicted molar refractivity (Wildman–Crippen MR) is 189 cm³/mol. The van der Waals surface area contributed by atoms with Gasteiger partial charge in [-0.15, -0.1) is 11.3 Å². The first kappa shape index (κ1) is 36.4. The molecule has 266 valence electrons. The molecular formula is C36H46N8O5S. The van der Waals surface area contributed by atoms with Crippen LogP contribution in [0.2, 0.25) is 0 Å². The number of oxazole rings is 1. The van der Waals surface area contributed by atoms with E-state index >= 15 is 0 Å². The van der Waals surface area contributed by atoms with Crippen molar-refractivity contribution in [3.05, 3.63) is 86.8 Å². The molecule has 0 aliphatic carbocycles. The Hall–Kier alpha value is -4.85. The van der Waals surface area contributed by atoms with Gasteiger partial charge < -0.3 is 25.3 Å². The van der Waals surface area contributed by atoms with Crippen LogP contribution in [0.25, 0.3) is 0 Å². The fraction of sp³-hybridized carbons (Fsp3) is 0.472. The van der Waals surface area contributed by atoms with Crippen LogP contribution < -0.4 is 16.0 Å². The van der Waals surface area contributed by atoms with Crippen molar-refractivity contribution in [3.8, 4) is 0 Å². The summed E-state index contributed by atoms with van der Waals surface area (Å²) in [7, 11) is 0. The van der Waals surface area contributed by atoms with Gasteiger partial charge in [0.15, 0.2) is 5.69 Å². The summed E-state index contributed by atoms with van der Waals surface area (Å²) in [5, 5.41) is 15.8. The smallest absolute Gasteiger partial charge is 0.274 e. The van der Waals surface area contributed by atoms with Gasteiger partial charge in [0.2, 0.25) is 11.8 Å². The molecule has 4 amide bonds. The van der Waals surface area contributed by atoms with Crippen LogP contribution in [-0.4, -0.2) is 67.4 Å². The summed E-state index contributed by atoms with van der Waals surface area (Å²) in [6.45, 7) is 13.5. The molecule has 13 nitrogen and oxygen atoms in total. The van der Waals surface area contributed by atoms with Gasteiger partial charge in [0.1, 0.15) is 28.2 Å². The number of aromatic nitrogens is 4. The molecule has 4 bridgehead atoms. The highest BCUT2D eigenvalue weighted by molar-refractivity contribution is 7.09. The quantitative estimate of drug-likeness (QED) is 0.250. The van der Waals surface area contributed by atoms with Gasteiger partial charge in [-0.05, 0) is 57.1 Å². The molecule has 1 aliphatic heterocycles. The lowest BCUT2D eigenvalue weighted by atomic mass is 10.0. The van der Waals surface area contributed by atoms with Crippen LogP contribution in [-0.2, 0) is 24.2 Å². The predicted octanol–water partition coefficient (Wildman–Crippen LogP) is 4.66. The highest BCUT2D eigenvalue weighted by Gasteiger charge is 2.32. The molecule has 4 aromatic rings. The molecule has 1 aromatic carbocycles. The van der Waals surface area contributed by atoms with Crippen LogP contribution in [0.5, 0.6) is 0 Å². The van der Waals surface area contributed by atoms with Crippen molar-refractivity contribution < 1.29 is 23.6 Å². The van der Waals surface area contributed by atoms with Crippen molar-refractivity contribution >= 4 is 35.0 Å². The summed E-state index contributed by atoms with van der Waals surface area (Å²) < 4.78 is 7.60. The van der Waals surface area contributed by atoms with Gasteiger partial charge in [-0.3, -0.25) is 23.9 Å². The van der Waals surface area contributed by atoms with E-state index in [2.05, 4.69) is 44.9 Å². The summed E-state index contributed by atoms with van der Waals surface area (Å²) in [6.07, 6.45) is 1.08. The zero-order chi connectivity index (χ0) is 36.1. The molecule has 0 radical (unpaired) electrons. The lowest BCUT2D eigenvalue weighted by Crippen LogP contribution is -2.50. The Balaban J connectivity index is 1.57. The second-order valence-corrected chi connectivity index (χ2v) is 14.4. The number of benzene rings is 1. The average Bonchev–Trinajstić information content (AvgIpc) is 3.81. The Kier molecular flexibility index (Phi) is 11.5. The van der Waals surface area contributed by atoms with Crippen LogP contribution in [0.4, 0.5) is 0 Å². The number of carbonyl (C=O) groups is 4. The van der Waals surface area contributed by atoms with E-state index in [1.807, 2.05) is 51.1 Å². The van der Waals surface area contributed by atoms with Crippen molar-refractivity contribution in [1.82, 2.24) is 40.6 Å². The fourth-order valence-electron chi connectivity index (χ4n) is 5.95. The number of aryl methyl sites for hydroxylation is 2. The maximum absolute atomic E-state index is 14.4. The van der Waals surface area contributed by atoms with Crippen molar-refractivity contribution in [2.24, 2.45) is 11.8 Å². The molecule has 3 N–H and O–H groups in total. The largest absolute Gasteiger partial charge is 0.443 e. The van der Waals surface area contributed by atoms with E-state index in [9.17, 15) is 19.2 Å².